The van der Waals surface area contributed by atoms with Gasteiger partial charge in [-0.05, 0) is 31.4 Å². The molecule has 2 fully saturated rings. The number of nitrogens with zero attached hydrogens (tertiary/aromatic N) is 2. The number of anilines is 1. The molecule has 1 N–H and O–H groups in total. The Bertz CT molecular complexity index is 935. The molecule has 0 saturated carbocycles. The summed E-state index contributed by atoms with van der Waals surface area (Å²) in [6, 6.07) is 4.17. The summed E-state index contributed by atoms with van der Waals surface area (Å²) in [5.74, 6) is 0.459. The van der Waals surface area contributed by atoms with Crippen LogP contribution in [0.15, 0.2) is 18.2 Å². The Balaban J connectivity index is 1.62. The normalized spacial score (nSPS) is 24.4. The summed E-state index contributed by atoms with van der Waals surface area (Å²) in [6.07, 6.45) is 7.21. The van der Waals surface area contributed by atoms with Gasteiger partial charge in [0.25, 0.3) is 11.8 Å². The highest BCUT2D eigenvalue weighted by molar-refractivity contribution is 6.25. The second-order valence-electron chi connectivity index (χ2n) is 7.37. The number of fused-ring (bicyclic) bond motifs is 1. The monoisotopic (exact) mass is 395 g/mol. The lowest BCUT2D eigenvalue weighted by Crippen LogP contribution is -2.54. The molecule has 3 heterocycles. The van der Waals surface area contributed by atoms with E-state index in [1.54, 1.807) is 12.1 Å². The average molecular weight is 395 g/mol. The number of benzene rings is 1. The lowest BCUT2D eigenvalue weighted by atomic mass is 10.0. The molecule has 8 heteroatoms. The average Bonchev–Trinajstić information content (AvgIpc) is 2.97. The van der Waals surface area contributed by atoms with Gasteiger partial charge in [0.1, 0.15) is 12.6 Å². The van der Waals surface area contributed by atoms with Crippen LogP contribution in [0.1, 0.15) is 46.4 Å². The van der Waals surface area contributed by atoms with Gasteiger partial charge in [-0.25, -0.2) is 0 Å². The van der Waals surface area contributed by atoms with Gasteiger partial charge in [-0.15, -0.1) is 6.42 Å². The first-order valence-electron chi connectivity index (χ1n) is 9.66. The number of carbonyl (C=O) groups excluding carboxylic acids is 4. The summed E-state index contributed by atoms with van der Waals surface area (Å²) in [5.41, 5.74) is 1.24. The van der Waals surface area contributed by atoms with Crippen LogP contribution in [0.3, 0.4) is 0 Å². The standard InChI is InChI=1S/C21H21N3O5/c1-2-11-29-13-5-4-10-23(12-13)15-7-3-6-14-18(15)21(28)24(20(14)27)16-8-9-17(25)22-19(16)26/h1,3,6-7,13,16H,4-5,8-12H2,(H,22,25,26). The van der Waals surface area contributed by atoms with Crippen molar-refractivity contribution in [3.63, 3.8) is 0 Å². The molecule has 0 radical (unpaired) electrons. The lowest BCUT2D eigenvalue weighted by molar-refractivity contribution is -0.136. The van der Waals surface area contributed by atoms with Crippen molar-refractivity contribution in [1.29, 1.82) is 0 Å². The summed E-state index contributed by atoms with van der Waals surface area (Å²) in [4.78, 5) is 52.9. The predicted molar refractivity (Wildman–Crippen MR) is 103 cm³/mol. The molecular formula is C21H21N3O5. The molecule has 3 aliphatic rings. The summed E-state index contributed by atoms with van der Waals surface area (Å²) >= 11 is 0. The fourth-order valence-corrected chi connectivity index (χ4v) is 4.22. The smallest absolute Gasteiger partial charge is 0.264 e. The van der Waals surface area contributed by atoms with Gasteiger partial charge < -0.3 is 9.64 Å². The molecule has 4 amide bonds. The zero-order chi connectivity index (χ0) is 20.5. The number of hydrogen-bond donors (Lipinski definition) is 1. The third-order valence-corrected chi connectivity index (χ3v) is 5.57. The quantitative estimate of drug-likeness (QED) is 0.596. The molecular weight excluding hydrogens is 374 g/mol. The molecule has 0 aliphatic carbocycles. The number of rotatable bonds is 4. The van der Waals surface area contributed by atoms with Crippen molar-refractivity contribution in [3.8, 4) is 12.3 Å². The molecule has 1 aromatic carbocycles. The molecule has 2 saturated heterocycles. The lowest BCUT2D eigenvalue weighted by Gasteiger charge is -2.35. The number of imide groups is 2. The van der Waals surface area contributed by atoms with Crippen molar-refractivity contribution in [2.45, 2.75) is 37.8 Å². The fourth-order valence-electron chi connectivity index (χ4n) is 4.22. The van der Waals surface area contributed by atoms with E-state index >= 15 is 0 Å². The Hall–Kier alpha value is -3.18. The van der Waals surface area contributed by atoms with Gasteiger partial charge in [-0.1, -0.05) is 12.0 Å². The van der Waals surface area contributed by atoms with Crippen molar-refractivity contribution in [2.24, 2.45) is 0 Å². The topological polar surface area (TPSA) is 96.0 Å². The molecule has 4 rings (SSSR count). The first-order valence-corrected chi connectivity index (χ1v) is 9.66. The minimum atomic E-state index is -0.971. The van der Waals surface area contributed by atoms with Crippen LogP contribution < -0.4 is 10.2 Å². The van der Waals surface area contributed by atoms with E-state index in [2.05, 4.69) is 11.2 Å². The number of piperidine rings is 2. The number of nitrogens with one attached hydrogen (secondary N) is 1. The summed E-state index contributed by atoms with van der Waals surface area (Å²) in [6.45, 7) is 1.52. The first kappa shape index (κ1) is 19.2. The Labute approximate surface area is 168 Å². The van der Waals surface area contributed by atoms with Crippen LogP contribution in [0.2, 0.25) is 0 Å². The third kappa shape index (κ3) is 3.38. The molecule has 0 aromatic heterocycles. The molecule has 0 spiro atoms. The molecule has 1 aromatic rings. The number of ether oxygens (including phenoxy) is 1. The van der Waals surface area contributed by atoms with Gasteiger partial charge in [0, 0.05) is 19.5 Å². The van der Waals surface area contributed by atoms with E-state index in [1.807, 2.05) is 11.0 Å². The van der Waals surface area contributed by atoms with E-state index in [-0.39, 0.29) is 31.1 Å². The van der Waals surface area contributed by atoms with Crippen LogP contribution in [0.4, 0.5) is 5.69 Å². The molecule has 150 valence electrons. The highest BCUT2D eigenvalue weighted by Crippen LogP contribution is 2.35. The Kier molecular flexibility index (Phi) is 5.07. The number of terminal acetylenes is 1. The summed E-state index contributed by atoms with van der Waals surface area (Å²) in [7, 11) is 0. The van der Waals surface area contributed by atoms with Gasteiger partial charge in [0.2, 0.25) is 11.8 Å². The zero-order valence-corrected chi connectivity index (χ0v) is 15.8. The second-order valence-corrected chi connectivity index (χ2v) is 7.37. The highest BCUT2D eigenvalue weighted by Gasteiger charge is 2.46. The summed E-state index contributed by atoms with van der Waals surface area (Å²) in [5, 5.41) is 2.21. The van der Waals surface area contributed by atoms with Crippen LogP contribution in [-0.2, 0) is 14.3 Å². The van der Waals surface area contributed by atoms with Gasteiger partial charge >= 0.3 is 0 Å². The zero-order valence-electron chi connectivity index (χ0n) is 15.8. The molecule has 8 nitrogen and oxygen atoms in total. The van der Waals surface area contributed by atoms with E-state index in [0.29, 0.717) is 17.8 Å². The number of carbonyl (C=O) groups is 4. The highest BCUT2D eigenvalue weighted by atomic mass is 16.5. The van der Waals surface area contributed by atoms with Crippen molar-refractivity contribution in [1.82, 2.24) is 10.2 Å². The number of amides is 4. The van der Waals surface area contributed by atoms with Crippen LogP contribution >= 0.6 is 0 Å². The van der Waals surface area contributed by atoms with Crippen molar-refractivity contribution in [3.05, 3.63) is 29.3 Å². The van der Waals surface area contributed by atoms with E-state index in [1.165, 1.54) is 0 Å². The summed E-state index contributed by atoms with van der Waals surface area (Å²) < 4.78 is 5.67. The maximum atomic E-state index is 13.2. The second kappa shape index (κ2) is 7.68. The van der Waals surface area contributed by atoms with Gasteiger partial charge in [0.15, 0.2) is 0 Å². The van der Waals surface area contributed by atoms with Gasteiger partial charge in [-0.3, -0.25) is 29.4 Å². The van der Waals surface area contributed by atoms with Crippen molar-refractivity contribution in [2.75, 3.05) is 24.6 Å². The predicted octanol–water partition coefficient (Wildman–Crippen LogP) is 0.706. The molecule has 0 bridgehead atoms. The van der Waals surface area contributed by atoms with E-state index in [4.69, 9.17) is 11.2 Å². The molecule has 2 atom stereocenters. The van der Waals surface area contributed by atoms with E-state index < -0.39 is 29.7 Å². The number of hydrogen-bond acceptors (Lipinski definition) is 6. The molecule has 2 unspecified atom stereocenters. The van der Waals surface area contributed by atoms with Gasteiger partial charge in [-0.2, -0.15) is 0 Å². The van der Waals surface area contributed by atoms with E-state index in [0.717, 1.165) is 24.3 Å². The van der Waals surface area contributed by atoms with Crippen LogP contribution in [0.5, 0.6) is 0 Å². The Morgan fingerprint density at radius 3 is 2.76 bits per heavy atom. The minimum Gasteiger partial charge on any atom is -0.368 e. The minimum absolute atomic E-state index is 0.0471. The van der Waals surface area contributed by atoms with Gasteiger partial charge in [0.05, 0.1) is 22.9 Å². The van der Waals surface area contributed by atoms with Crippen molar-refractivity contribution < 1.29 is 23.9 Å². The first-order chi connectivity index (χ1) is 14.0. The van der Waals surface area contributed by atoms with E-state index in [9.17, 15) is 19.2 Å². The van der Waals surface area contributed by atoms with Crippen molar-refractivity contribution >= 4 is 29.3 Å². The van der Waals surface area contributed by atoms with Crippen LogP contribution in [-0.4, -0.2) is 60.4 Å². The maximum absolute atomic E-state index is 13.2. The molecule has 29 heavy (non-hydrogen) atoms. The Morgan fingerprint density at radius 1 is 1.17 bits per heavy atom. The maximum Gasteiger partial charge on any atom is 0.264 e. The van der Waals surface area contributed by atoms with Crippen LogP contribution in [0.25, 0.3) is 0 Å². The van der Waals surface area contributed by atoms with Crippen LogP contribution in [0, 0.1) is 12.3 Å². The molecule has 3 aliphatic heterocycles. The Morgan fingerprint density at radius 2 is 2.00 bits per heavy atom. The fraction of sp³-hybridized carbons (Fsp3) is 0.429. The third-order valence-electron chi connectivity index (χ3n) is 5.57. The largest absolute Gasteiger partial charge is 0.368 e. The SMILES string of the molecule is C#CCOC1CCCN(c2cccc3c2C(=O)N(C2CCC(=O)NC2=O)C3=O)C1.